The molecule has 1 aromatic rings. The predicted octanol–water partition coefficient (Wildman–Crippen LogP) is 3.57. The zero-order valence-electron chi connectivity index (χ0n) is 12.1. The summed E-state index contributed by atoms with van der Waals surface area (Å²) in [6.07, 6.45) is 1.07. The lowest BCUT2D eigenvalue weighted by Crippen LogP contribution is -2.33. The van der Waals surface area contributed by atoms with E-state index in [1.54, 1.807) is 0 Å². The Kier molecular flexibility index (Phi) is 5.14. The monoisotopic (exact) mass is 254 g/mol. The number of rotatable bonds is 6. The van der Waals surface area contributed by atoms with Crippen LogP contribution in [0.15, 0.2) is 0 Å². The molecule has 0 aliphatic carbocycles. The molecule has 0 unspecified atom stereocenters. The van der Waals surface area contributed by atoms with Gasteiger partial charge in [0.25, 0.3) is 0 Å². The van der Waals surface area contributed by atoms with Crippen LogP contribution in [0, 0.1) is 25.2 Å². The second kappa shape index (κ2) is 5.96. The van der Waals surface area contributed by atoms with Gasteiger partial charge in [0.05, 0.1) is 10.7 Å². The minimum absolute atomic E-state index is 0.283. The molecule has 0 spiro atoms. The van der Waals surface area contributed by atoms with E-state index < -0.39 is 0 Å². The fourth-order valence-electron chi connectivity index (χ4n) is 1.79. The second-order valence-electron chi connectivity index (χ2n) is 6.11. The molecule has 0 bridgehead atoms. The number of hydrogen-bond acceptors (Lipinski definition) is 3. The maximum atomic E-state index is 4.63. The van der Waals surface area contributed by atoms with E-state index in [0.29, 0.717) is 0 Å². The topological polar surface area (TPSA) is 24.9 Å². The Labute approximate surface area is 110 Å². The Morgan fingerprint density at radius 1 is 1.29 bits per heavy atom. The Bertz CT molecular complexity index is 334. The summed E-state index contributed by atoms with van der Waals surface area (Å²) in [4.78, 5) is 5.98. The first-order valence-corrected chi connectivity index (χ1v) is 7.25. The van der Waals surface area contributed by atoms with E-state index in [-0.39, 0.29) is 5.41 Å². The molecular weight excluding hydrogens is 228 g/mol. The third kappa shape index (κ3) is 5.17. The van der Waals surface area contributed by atoms with Gasteiger partial charge in [0.2, 0.25) is 0 Å². The summed E-state index contributed by atoms with van der Waals surface area (Å²) in [5, 5.41) is 4.82. The standard InChI is InChI=1S/C14H26N2S/c1-10(2)8-15-9-14(5,6)7-13-16-11(3)12(4)17-13/h10,15H,7-9H2,1-6H3. The molecule has 0 amide bonds. The molecule has 0 fully saturated rings. The smallest absolute Gasteiger partial charge is 0.0936 e. The highest BCUT2D eigenvalue weighted by atomic mass is 32.1. The van der Waals surface area contributed by atoms with Crippen molar-refractivity contribution in [1.29, 1.82) is 0 Å². The summed E-state index contributed by atoms with van der Waals surface area (Å²) in [7, 11) is 0. The van der Waals surface area contributed by atoms with Crippen molar-refractivity contribution in [2.75, 3.05) is 13.1 Å². The Balaban J connectivity index is 2.48. The maximum Gasteiger partial charge on any atom is 0.0936 e. The first-order chi connectivity index (χ1) is 7.80. The molecular formula is C14H26N2S. The van der Waals surface area contributed by atoms with Crippen molar-refractivity contribution in [2.45, 2.75) is 48.0 Å². The summed E-state index contributed by atoms with van der Waals surface area (Å²) < 4.78 is 0. The van der Waals surface area contributed by atoms with Gasteiger partial charge in [-0.2, -0.15) is 0 Å². The Morgan fingerprint density at radius 3 is 2.41 bits per heavy atom. The molecule has 1 N–H and O–H groups in total. The SMILES string of the molecule is Cc1nc(CC(C)(C)CNCC(C)C)sc1C. The fraction of sp³-hybridized carbons (Fsp3) is 0.786. The zero-order chi connectivity index (χ0) is 13.1. The van der Waals surface area contributed by atoms with Crippen LogP contribution in [0.25, 0.3) is 0 Å². The molecule has 2 nitrogen and oxygen atoms in total. The lowest BCUT2D eigenvalue weighted by molar-refractivity contribution is 0.330. The summed E-state index contributed by atoms with van der Waals surface area (Å²) in [6, 6.07) is 0. The van der Waals surface area contributed by atoms with Gasteiger partial charge >= 0.3 is 0 Å². The summed E-state index contributed by atoms with van der Waals surface area (Å²) in [5.74, 6) is 0.718. The summed E-state index contributed by atoms with van der Waals surface area (Å²) >= 11 is 1.84. The van der Waals surface area contributed by atoms with Crippen LogP contribution >= 0.6 is 11.3 Å². The van der Waals surface area contributed by atoms with Crippen LogP contribution in [-0.2, 0) is 6.42 Å². The number of aromatic nitrogens is 1. The minimum atomic E-state index is 0.283. The average molecular weight is 254 g/mol. The maximum absolute atomic E-state index is 4.63. The molecule has 0 aliphatic heterocycles. The van der Waals surface area contributed by atoms with Gasteiger partial charge in [0.1, 0.15) is 0 Å². The fourth-order valence-corrected chi connectivity index (χ4v) is 2.98. The molecule has 98 valence electrons. The molecule has 1 heterocycles. The van der Waals surface area contributed by atoms with E-state index in [0.717, 1.165) is 25.4 Å². The summed E-state index contributed by atoms with van der Waals surface area (Å²) in [6.45, 7) is 15.5. The van der Waals surface area contributed by atoms with Gasteiger partial charge in [-0.25, -0.2) is 4.98 Å². The highest BCUT2D eigenvalue weighted by Crippen LogP contribution is 2.25. The van der Waals surface area contributed by atoms with E-state index in [1.165, 1.54) is 15.6 Å². The molecule has 0 atom stereocenters. The molecule has 17 heavy (non-hydrogen) atoms. The van der Waals surface area contributed by atoms with Gasteiger partial charge in [-0.15, -0.1) is 11.3 Å². The van der Waals surface area contributed by atoms with Crippen molar-refractivity contribution in [3.63, 3.8) is 0 Å². The Morgan fingerprint density at radius 2 is 1.94 bits per heavy atom. The number of hydrogen-bond donors (Lipinski definition) is 1. The van der Waals surface area contributed by atoms with Gasteiger partial charge in [-0.3, -0.25) is 0 Å². The van der Waals surface area contributed by atoms with Gasteiger partial charge in [-0.1, -0.05) is 27.7 Å². The molecule has 0 aliphatic rings. The van der Waals surface area contributed by atoms with Crippen molar-refractivity contribution in [3.8, 4) is 0 Å². The Hall–Kier alpha value is -0.410. The largest absolute Gasteiger partial charge is 0.316 e. The lowest BCUT2D eigenvalue weighted by atomic mass is 9.89. The van der Waals surface area contributed by atoms with Gasteiger partial charge < -0.3 is 5.32 Å². The number of aryl methyl sites for hydroxylation is 2. The molecule has 3 heteroatoms. The van der Waals surface area contributed by atoms with Crippen molar-refractivity contribution in [1.82, 2.24) is 10.3 Å². The number of nitrogens with one attached hydrogen (secondary N) is 1. The van der Waals surface area contributed by atoms with E-state index in [1.807, 2.05) is 11.3 Å². The number of thiazole rings is 1. The molecule has 1 rings (SSSR count). The minimum Gasteiger partial charge on any atom is -0.316 e. The third-order valence-corrected chi connectivity index (χ3v) is 3.93. The van der Waals surface area contributed by atoms with Gasteiger partial charge in [-0.05, 0) is 31.7 Å². The van der Waals surface area contributed by atoms with Crippen LogP contribution in [0.1, 0.15) is 43.3 Å². The van der Waals surface area contributed by atoms with Crippen LogP contribution in [0.3, 0.4) is 0 Å². The van der Waals surface area contributed by atoms with Crippen molar-refractivity contribution in [3.05, 3.63) is 15.6 Å². The normalized spacial score (nSPS) is 12.4. The van der Waals surface area contributed by atoms with Crippen molar-refractivity contribution in [2.24, 2.45) is 11.3 Å². The molecule has 0 aromatic carbocycles. The van der Waals surface area contributed by atoms with Crippen LogP contribution in [-0.4, -0.2) is 18.1 Å². The van der Waals surface area contributed by atoms with Crippen LogP contribution < -0.4 is 5.32 Å². The zero-order valence-corrected chi connectivity index (χ0v) is 12.9. The molecule has 1 aromatic heterocycles. The van der Waals surface area contributed by atoms with Crippen LogP contribution in [0.5, 0.6) is 0 Å². The van der Waals surface area contributed by atoms with Crippen molar-refractivity contribution < 1.29 is 0 Å². The first kappa shape index (κ1) is 14.7. The van der Waals surface area contributed by atoms with Crippen molar-refractivity contribution >= 4 is 11.3 Å². The quantitative estimate of drug-likeness (QED) is 0.839. The van der Waals surface area contributed by atoms with Gasteiger partial charge in [0.15, 0.2) is 0 Å². The second-order valence-corrected chi connectivity index (χ2v) is 7.40. The van der Waals surface area contributed by atoms with E-state index in [9.17, 15) is 0 Å². The average Bonchev–Trinajstić information content (AvgIpc) is 2.43. The van der Waals surface area contributed by atoms with E-state index in [2.05, 4.69) is 51.8 Å². The van der Waals surface area contributed by atoms with E-state index in [4.69, 9.17) is 0 Å². The van der Waals surface area contributed by atoms with Gasteiger partial charge in [0, 0.05) is 17.8 Å². The van der Waals surface area contributed by atoms with Crippen LogP contribution in [0.2, 0.25) is 0 Å². The molecule has 0 radical (unpaired) electrons. The molecule has 0 saturated heterocycles. The lowest BCUT2D eigenvalue weighted by Gasteiger charge is -2.24. The third-order valence-electron chi connectivity index (χ3n) is 2.86. The highest BCUT2D eigenvalue weighted by Gasteiger charge is 2.20. The first-order valence-electron chi connectivity index (χ1n) is 6.44. The highest BCUT2D eigenvalue weighted by molar-refractivity contribution is 7.11. The number of nitrogens with zero attached hydrogens (tertiary/aromatic N) is 1. The predicted molar refractivity (Wildman–Crippen MR) is 76.8 cm³/mol. The van der Waals surface area contributed by atoms with Crippen LogP contribution in [0.4, 0.5) is 0 Å². The molecule has 0 saturated carbocycles. The van der Waals surface area contributed by atoms with E-state index >= 15 is 0 Å². The summed E-state index contributed by atoms with van der Waals surface area (Å²) in [5.41, 5.74) is 1.47.